The first-order chi connectivity index (χ1) is 14.1. The van der Waals surface area contributed by atoms with Gasteiger partial charge in [0, 0.05) is 31.9 Å². The van der Waals surface area contributed by atoms with Crippen LogP contribution in [0.1, 0.15) is 18.9 Å². The maximum Gasteiger partial charge on any atom is 0.248 e. The summed E-state index contributed by atoms with van der Waals surface area (Å²) < 4.78 is 13.1. The van der Waals surface area contributed by atoms with Gasteiger partial charge in [-0.2, -0.15) is 5.10 Å². The van der Waals surface area contributed by atoms with E-state index in [-0.39, 0.29) is 11.7 Å². The number of halogens is 1. The number of carbonyl (C=O) groups excluding carboxylic acids is 1. The predicted molar refractivity (Wildman–Crippen MR) is 114 cm³/mol. The molecule has 0 bridgehead atoms. The van der Waals surface area contributed by atoms with Crippen molar-refractivity contribution in [1.29, 1.82) is 0 Å². The minimum Gasteiger partial charge on any atom is -0.369 e. The van der Waals surface area contributed by atoms with Gasteiger partial charge in [0.2, 0.25) is 5.91 Å². The van der Waals surface area contributed by atoms with Crippen molar-refractivity contribution in [2.45, 2.75) is 13.3 Å². The molecule has 29 heavy (non-hydrogen) atoms. The van der Waals surface area contributed by atoms with Crippen molar-refractivity contribution in [1.82, 2.24) is 9.91 Å². The zero-order chi connectivity index (χ0) is 20.2. The number of rotatable bonds is 4. The molecule has 4 rings (SSSR count). The summed E-state index contributed by atoms with van der Waals surface area (Å²) in [6.07, 6.45) is 2.23. The normalized spacial score (nSPS) is 19.6. The number of carbonyl (C=O) groups is 1. The van der Waals surface area contributed by atoms with Crippen LogP contribution in [0.25, 0.3) is 6.08 Å². The predicted octanol–water partition coefficient (Wildman–Crippen LogP) is 3.60. The van der Waals surface area contributed by atoms with Crippen LogP contribution in [-0.2, 0) is 4.79 Å². The SMILES string of the molecule is CC1=NN(CN2CCN(c3ccccc3)CC2)C(=O)C/C1=C/c1ccc(F)cc1. The highest BCUT2D eigenvalue weighted by atomic mass is 19.1. The highest BCUT2D eigenvalue weighted by Crippen LogP contribution is 2.20. The van der Waals surface area contributed by atoms with Gasteiger partial charge in [0.25, 0.3) is 0 Å². The summed E-state index contributed by atoms with van der Waals surface area (Å²) in [7, 11) is 0. The average Bonchev–Trinajstić information content (AvgIpc) is 2.74. The van der Waals surface area contributed by atoms with E-state index in [2.05, 4.69) is 39.2 Å². The van der Waals surface area contributed by atoms with Gasteiger partial charge in [-0.15, -0.1) is 0 Å². The summed E-state index contributed by atoms with van der Waals surface area (Å²) in [4.78, 5) is 17.3. The topological polar surface area (TPSA) is 39.1 Å². The lowest BCUT2D eigenvalue weighted by Gasteiger charge is -2.38. The molecule has 2 aromatic rings. The molecule has 0 saturated carbocycles. The molecule has 0 unspecified atom stereocenters. The van der Waals surface area contributed by atoms with Crippen molar-refractivity contribution in [3.05, 3.63) is 71.6 Å². The molecule has 0 N–H and O–H groups in total. The fourth-order valence-corrected chi connectivity index (χ4v) is 3.69. The Balaban J connectivity index is 1.37. The highest BCUT2D eigenvalue weighted by molar-refractivity contribution is 6.08. The molecule has 2 aromatic carbocycles. The summed E-state index contributed by atoms with van der Waals surface area (Å²) in [5.74, 6) is -0.273. The van der Waals surface area contributed by atoms with Gasteiger partial charge in [0.15, 0.2) is 0 Å². The van der Waals surface area contributed by atoms with Crippen LogP contribution in [-0.4, -0.2) is 54.4 Å². The quantitative estimate of drug-likeness (QED) is 0.798. The van der Waals surface area contributed by atoms with Crippen LogP contribution in [0.2, 0.25) is 0 Å². The van der Waals surface area contributed by atoms with Crippen LogP contribution in [0.3, 0.4) is 0 Å². The Morgan fingerprint density at radius 1 is 1.00 bits per heavy atom. The number of para-hydroxylation sites is 1. The fraction of sp³-hybridized carbons (Fsp3) is 0.304. The van der Waals surface area contributed by atoms with E-state index in [1.807, 2.05) is 19.1 Å². The monoisotopic (exact) mass is 392 g/mol. The van der Waals surface area contributed by atoms with Gasteiger partial charge < -0.3 is 4.90 Å². The third kappa shape index (κ3) is 4.71. The van der Waals surface area contributed by atoms with Gasteiger partial charge in [0.1, 0.15) is 5.82 Å². The lowest BCUT2D eigenvalue weighted by molar-refractivity contribution is -0.133. The van der Waals surface area contributed by atoms with Crippen LogP contribution < -0.4 is 4.90 Å². The number of hydrazone groups is 1. The number of benzene rings is 2. The van der Waals surface area contributed by atoms with Gasteiger partial charge in [-0.05, 0) is 48.4 Å². The van der Waals surface area contributed by atoms with Crippen LogP contribution in [0.15, 0.2) is 65.3 Å². The first-order valence-corrected chi connectivity index (χ1v) is 9.93. The maximum absolute atomic E-state index is 13.1. The number of amides is 1. The summed E-state index contributed by atoms with van der Waals surface area (Å²) in [5.41, 5.74) is 3.82. The molecule has 5 nitrogen and oxygen atoms in total. The Morgan fingerprint density at radius 3 is 2.38 bits per heavy atom. The molecule has 6 heteroatoms. The molecule has 0 aromatic heterocycles. The molecule has 150 valence electrons. The molecule has 1 fully saturated rings. The first kappa shape index (κ1) is 19.3. The van der Waals surface area contributed by atoms with Gasteiger partial charge in [-0.1, -0.05) is 30.3 Å². The molecular formula is C23H25FN4O. The van der Waals surface area contributed by atoms with Crippen molar-refractivity contribution in [2.75, 3.05) is 37.7 Å². The summed E-state index contributed by atoms with van der Waals surface area (Å²) in [6.45, 7) is 6.09. The van der Waals surface area contributed by atoms with Crippen molar-refractivity contribution in [3.8, 4) is 0 Å². The van der Waals surface area contributed by atoms with E-state index in [0.717, 1.165) is 43.0 Å². The second kappa shape index (κ2) is 8.57. The van der Waals surface area contributed by atoms with E-state index in [1.165, 1.54) is 17.8 Å². The van der Waals surface area contributed by atoms with Crippen molar-refractivity contribution in [3.63, 3.8) is 0 Å². The lowest BCUT2D eigenvalue weighted by Crippen LogP contribution is -2.50. The second-order valence-electron chi connectivity index (χ2n) is 7.46. The van der Waals surface area contributed by atoms with E-state index < -0.39 is 0 Å². The lowest BCUT2D eigenvalue weighted by atomic mass is 10.0. The zero-order valence-electron chi connectivity index (χ0n) is 16.6. The summed E-state index contributed by atoms with van der Waals surface area (Å²) >= 11 is 0. The molecule has 2 aliphatic heterocycles. The number of hydrogen-bond acceptors (Lipinski definition) is 4. The van der Waals surface area contributed by atoms with Crippen LogP contribution in [0, 0.1) is 5.82 Å². The van der Waals surface area contributed by atoms with E-state index in [4.69, 9.17) is 0 Å². The minimum atomic E-state index is -0.268. The van der Waals surface area contributed by atoms with E-state index in [0.29, 0.717) is 13.1 Å². The average molecular weight is 392 g/mol. The van der Waals surface area contributed by atoms with E-state index >= 15 is 0 Å². The van der Waals surface area contributed by atoms with Crippen molar-refractivity contribution < 1.29 is 9.18 Å². The summed E-state index contributed by atoms with van der Waals surface area (Å²) in [6, 6.07) is 16.7. The van der Waals surface area contributed by atoms with Crippen LogP contribution in [0.4, 0.5) is 10.1 Å². The van der Waals surface area contributed by atoms with Gasteiger partial charge in [0.05, 0.1) is 18.8 Å². The number of hydrogen-bond donors (Lipinski definition) is 0. The highest BCUT2D eigenvalue weighted by Gasteiger charge is 2.26. The van der Waals surface area contributed by atoms with E-state index in [9.17, 15) is 9.18 Å². The Morgan fingerprint density at radius 2 is 1.69 bits per heavy atom. The number of nitrogens with zero attached hydrogens (tertiary/aromatic N) is 4. The minimum absolute atomic E-state index is 0.00514. The molecule has 1 amide bonds. The third-order valence-corrected chi connectivity index (χ3v) is 5.40. The largest absolute Gasteiger partial charge is 0.369 e. The smallest absolute Gasteiger partial charge is 0.248 e. The molecule has 2 aliphatic rings. The van der Waals surface area contributed by atoms with Gasteiger partial charge in [-0.25, -0.2) is 9.40 Å². The first-order valence-electron chi connectivity index (χ1n) is 9.93. The molecule has 0 radical (unpaired) electrons. The molecular weight excluding hydrogens is 367 g/mol. The zero-order valence-corrected chi connectivity index (χ0v) is 16.6. The second-order valence-corrected chi connectivity index (χ2v) is 7.46. The molecule has 2 heterocycles. The molecule has 1 saturated heterocycles. The van der Waals surface area contributed by atoms with Crippen molar-refractivity contribution >= 4 is 23.4 Å². The molecule has 0 spiro atoms. The Hall–Kier alpha value is -2.99. The Kier molecular flexibility index (Phi) is 5.71. The third-order valence-electron chi connectivity index (χ3n) is 5.40. The van der Waals surface area contributed by atoms with Gasteiger partial charge in [-0.3, -0.25) is 9.69 Å². The standard InChI is InChI=1S/C23H25FN4O/c1-18-20(15-19-7-9-21(24)10-8-19)16-23(29)28(25-18)17-26-11-13-27(14-12-26)22-5-3-2-4-6-22/h2-10,15H,11-14,16-17H2,1H3/b20-15-. The maximum atomic E-state index is 13.1. The van der Waals surface area contributed by atoms with Crippen LogP contribution in [0.5, 0.6) is 0 Å². The number of anilines is 1. The summed E-state index contributed by atoms with van der Waals surface area (Å²) in [5, 5.41) is 6.11. The fourth-order valence-electron chi connectivity index (χ4n) is 3.69. The Bertz CT molecular complexity index is 916. The molecule has 0 atom stereocenters. The van der Waals surface area contributed by atoms with Crippen LogP contribution >= 0.6 is 0 Å². The molecule has 0 aliphatic carbocycles. The Labute approximate surface area is 170 Å². The van der Waals surface area contributed by atoms with Crippen molar-refractivity contribution in [2.24, 2.45) is 5.10 Å². The van der Waals surface area contributed by atoms with E-state index in [1.54, 1.807) is 17.1 Å². The number of piperazine rings is 1. The van der Waals surface area contributed by atoms with Gasteiger partial charge >= 0.3 is 0 Å².